The highest BCUT2D eigenvalue weighted by Crippen LogP contribution is 2.25. The Bertz CT molecular complexity index is 890. The summed E-state index contributed by atoms with van der Waals surface area (Å²) in [6.45, 7) is 0. The molecule has 0 amide bonds. The second-order valence-electron chi connectivity index (χ2n) is 4.69. The maximum atomic E-state index is 4.20. The molecule has 0 radical (unpaired) electrons. The minimum absolute atomic E-state index is 0.776. The van der Waals surface area contributed by atoms with Crippen LogP contribution in [0.5, 0.6) is 0 Å². The normalized spacial score (nSPS) is 11.0. The zero-order chi connectivity index (χ0) is 13.4. The molecule has 0 saturated carbocycles. The number of H-pyrrole nitrogens is 1. The molecule has 96 valence electrons. The topological polar surface area (TPSA) is 53.6 Å². The van der Waals surface area contributed by atoms with Gasteiger partial charge in [-0.2, -0.15) is 5.10 Å². The molecular weight excluding hydrogens is 248 g/mol. The van der Waals surface area contributed by atoms with Gasteiger partial charge in [0, 0.05) is 33.6 Å². The zero-order valence-corrected chi connectivity index (χ0v) is 10.7. The fourth-order valence-electron chi connectivity index (χ4n) is 2.39. The highest BCUT2D eigenvalue weighted by atomic mass is 15.2. The molecule has 0 spiro atoms. The van der Waals surface area contributed by atoms with Crippen LogP contribution in [0.1, 0.15) is 0 Å². The quantitative estimate of drug-likeness (QED) is 0.575. The molecule has 4 heteroatoms. The van der Waals surface area contributed by atoms with E-state index >= 15 is 0 Å². The SMILES string of the molecule is c1ccc2c(Nc3ccc4[nH]ccc4c3)nncc2c1. The average molecular weight is 260 g/mol. The minimum atomic E-state index is 0.776. The second-order valence-corrected chi connectivity index (χ2v) is 4.69. The van der Waals surface area contributed by atoms with Crippen molar-refractivity contribution >= 4 is 33.2 Å². The molecule has 0 aliphatic heterocycles. The fraction of sp³-hybridized carbons (Fsp3) is 0. The van der Waals surface area contributed by atoms with E-state index in [1.807, 2.05) is 36.5 Å². The zero-order valence-electron chi connectivity index (χ0n) is 10.7. The van der Waals surface area contributed by atoms with Crippen molar-refractivity contribution in [1.29, 1.82) is 0 Å². The molecule has 0 bridgehead atoms. The van der Waals surface area contributed by atoms with Gasteiger partial charge in [0.15, 0.2) is 5.82 Å². The summed E-state index contributed by atoms with van der Waals surface area (Å²) in [4.78, 5) is 3.18. The molecule has 0 unspecified atom stereocenters. The van der Waals surface area contributed by atoms with Crippen LogP contribution >= 0.6 is 0 Å². The van der Waals surface area contributed by atoms with Crippen LogP contribution in [0.4, 0.5) is 11.5 Å². The van der Waals surface area contributed by atoms with E-state index in [0.29, 0.717) is 0 Å². The minimum Gasteiger partial charge on any atom is -0.361 e. The Kier molecular flexibility index (Phi) is 2.39. The number of nitrogens with one attached hydrogen (secondary N) is 2. The van der Waals surface area contributed by atoms with Gasteiger partial charge in [-0.3, -0.25) is 0 Å². The molecule has 2 N–H and O–H groups in total. The summed E-state index contributed by atoms with van der Waals surface area (Å²) in [5.74, 6) is 0.776. The van der Waals surface area contributed by atoms with E-state index < -0.39 is 0 Å². The Morgan fingerprint density at radius 3 is 2.90 bits per heavy atom. The summed E-state index contributed by atoms with van der Waals surface area (Å²) in [6, 6.07) is 16.3. The number of hydrogen-bond acceptors (Lipinski definition) is 3. The van der Waals surface area contributed by atoms with Crippen molar-refractivity contribution < 1.29 is 0 Å². The van der Waals surface area contributed by atoms with Crippen molar-refractivity contribution in [3.8, 4) is 0 Å². The summed E-state index contributed by atoms with van der Waals surface area (Å²) in [5, 5.41) is 14.9. The van der Waals surface area contributed by atoms with Crippen LogP contribution in [0.15, 0.2) is 60.9 Å². The van der Waals surface area contributed by atoms with Crippen molar-refractivity contribution in [1.82, 2.24) is 15.2 Å². The maximum Gasteiger partial charge on any atom is 0.160 e. The van der Waals surface area contributed by atoms with Crippen molar-refractivity contribution in [2.45, 2.75) is 0 Å². The third-order valence-electron chi connectivity index (χ3n) is 3.39. The number of hydrogen-bond donors (Lipinski definition) is 2. The van der Waals surface area contributed by atoms with E-state index in [9.17, 15) is 0 Å². The Balaban J connectivity index is 1.80. The highest BCUT2D eigenvalue weighted by Gasteiger charge is 2.04. The van der Waals surface area contributed by atoms with Crippen LogP contribution in [0.25, 0.3) is 21.7 Å². The molecule has 2 aromatic carbocycles. The van der Waals surface area contributed by atoms with Crippen LogP contribution in [-0.2, 0) is 0 Å². The first-order chi connectivity index (χ1) is 9.90. The summed E-state index contributed by atoms with van der Waals surface area (Å²) in [7, 11) is 0. The first kappa shape index (κ1) is 11.0. The van der Waals surface area contributed by atoms with Crippen LogP contribution in [0, 0.1) is 0 Å². The van der Waals surface area contributed by atoms with E-state index in [-0.39, 0.29) is 0 Å². The van der Waals surface area contributed by atoms with E-state index in [1.54, 1.807) is 6.20 Å². The van der Waals surface area contributed by atoms with Crippen LogP contribution in [0.3, 0.4) is 0 Å². The van der Waals surface area contributed by atoms with Crippen molar-refractivity contribution in [2.75, 3.05) is 5.32 Å². The molecule has 2 heterocycles. The predicted octanol–water partition coefficient (Wildman–Crippen LogP) is 3.85. The molecular formula is C16H12N4. The number of aromatic nitrogens is 3. The van der Waals surface area contributed by atoms with Crippen molar-refractivity contribution in [2.24, 2.45) is 0 Å². The Morgan fingerprint density at radius 2 is 1.90 bits per heavy atom. The number of rotatable bonds is 2. The number of nitrogens with zero attached hydrogens (tertiary/aromatic N) is 2. The van der Waals surface area contributed by atoms with Crippen molar-refractivity contribution in [3.63, 3.8) is 0 Å². The van der Waals surface area contributed by atoms with Gasteiger partial charge in [0.2, 0.25) is 0 Å². The predicted molar refractivity (Wildman–Crippen MR) is 81.1 cm³/mol. The number of fused-ring (bicyclic) bond motifs is 2. The van der Waals surface area contributed by atoms with Gasteiger partial charge in [0.25, 0.3) is 0 Å². The number of aromatic amines is 1. The van der Waals surface area contributed by atoms with E-state index in [1.165, 1.54) is 5.39 Å². The molecule has 4 rings (SSSR count). The fourth-order valence-corrected chi connectivity index (χ4v) is 2.39. The van der Waals surface area contributed by atoms with Gasteiger partial charge in [-0.05, 0) is 24.3 Å². The molecule has 0 fully saturated rings. The van der Waals surface area contributed by atoms with E-state index in [4.69, 9.17) is 0 Å². The standard InChI is InChI=1S/C16H12N4/c1-2-4-14-12(3-1)10-18-20-16(14)19-13-5-6-15-11(9-13)7-8-17-15/h1-10,17H,(H,19,20). The third-order valence-corrected chi connectivity index (χ3v) is 3.39. The molecule has 20 heavy (non-hydrogen) atoms. The van der Waals surface area contributed by atoms with Gasteiger partial charge in [-0.15, -0.1) is 5.10 Å². The molecule has 4 nitrogen and oxygen atoms in total. The third kappa shape index (κ3) is 1.78. The van der Waals surface area contributed by atoms with Gasteiger partial charge >= 0.3 is 0 Å². The summed E-state index contributed by atoms with van der Waals surface area (Å²) >= 11 is 0. The lowest BCUT2D eigenvalue weighted by Gasteiger charge is -2.07. The smallest absolute Gasteiger partial charge is 0.160 e. The van der Waals surface area contributed by atoms with Crippen LogP contribution in [0.2, 0.25) is 0 Å². The maximum absolute atomic E-state index is 4.20. The van der Waals surface area contributed by atoms with Crippen LogP contribution in [-0.4, -0.2) is 15.2 Å². The lowest BCUT2D eigenvalue weighted by molar-refractivity contribution is 1.05. The van der Waals surface area contributed by atoms with Gasteiger partial charge in [0.05, 0.1) is 6.20 Å². The Labute approximate surface area is 115 Å². The van der Waals surface area contributed by atoms with Gasteiger partial charge in [0.1, 0.15) is 0 Å². The molecule has 0 aliphatic carbocycles. The monoisotopic (exact) mass is 260 g/mol. The first-order valence-electron chi connectivity index (χ1n) is 6.45. The summed E-state index contributed by atoms with van der Waals surface area (Å²) < 4.78 is 0. The summed E-state index contributed by atoms with van der Waals surface area (Å²) in [5.41, 5.74) is 2.13. The lowest BCUT2D eigenvalue weighted by atomic mass is 10.2. The molecule has 4 aromatic rings. The molecule has 0 saturated heterocycles. The molecule has 2 aromatic heterocycles. The Morgan fingerprint density at radius 1 is 0.950 bits per heavy atom. The number of anilines is 2. The molecule has 0 atom stereocenters. The summed E-state index contributed by atoms with van der Waals surface area (Å²) in [6.07, 6.45) is 3.71. The molecule has 0 aliphatic rings. The van der Waals surface area contributed by atoms with E-state index in [2.05, 4.69) is 38.7 Å². The van der Waals surface area contributed by atoms with Gasteiger partial charge in [-0.25, -0.2) is 0 Å². The van der Waals surface area contributed by atoms with Gasteiger partial charge < -0.3 is 10.3 Å². The van der Waals surface area contributed by atoms with E-state index in [0.717, 1.165) is 27.8 Å². The second kappa shape index (κ2) is 4.35. The lowest BCUT2D eigenvalue weighted by Crippen LogP contribution is -1.96. The van der Waals surface area contributed by atoms with Gasteiger partial charge in [-0.1, -0.05) is 24.3 Å². The highest BCUT2D eigenvalue weighted by molar-refractivity contribution is 5.93. The van der Waals surface area contributed by atoms with Crippen molar-refractivity contribution in [3.05, 3.63) is 60.9 Å². The largest absolute Gasteiger partial charge is 0.361 e. The van der Waals surface area contributed by atoms with Crippen LogP contribution < -0.4 is 5.32 Å². The average Bonchev–Trinajstić information content (AvgIpc) is 2.95. The Hall–Kier alpha value is -2.88. The number of benzene rings is 2. The first-order valence-corrected chi connectivity index (χ1v) is 6.45.